The maximum atomic E-state index is 11.3. The highest BCUT2D eigenvalue weighted by Gasteiger charge is 2.18. The van der Waals surface area contributed by atoms with Crippen molar-refractivity contribution in [2.45, 2.75) is 46.2 Å². The van der Waals surface area contributed by atoms with Gasteiger partial charge < -0.3 is 15.7 Å². The monoisotopic (exact) mass is 230 g/mol. The molecule has 3 N–H and O–H groups in total. The highest BCUT2D eigenvalue weighted by molar-refractivity contribution is 5.76. The smallest absolute Gasteiger partial charge is 0.307 e. The Balaban J connectivity index is 3.73. The molecule has 0 aromatic heterocycles. The number of carbonyl (C=O) groups excluding carboxylic acids is 1. The van der Waals surface area contributed by atoms with Crippen molar-refractivity contribution < 1.29 is 14.7 Å². The maximum Gasteiger partial charge on any atom is 0.307 e. The molecule has 5 nitrogen and oxygen atoms in total. The van der Waals surface area contributed by atoms with Gasteiger partial charge in [-0.3, -0.25) is 9.59 Å². The molecular weight excluding hydrogens is 208 g/mol. The van der Waals surface area contributed by atoms with E-state index in [0.717, 1.165) is 0 Å². The molecule has 0 fully saturated rings. The van der Waals surface area contributed by atoms with Gasteiger partial charge in [0.15, 0.2) is 0 Å². The second kappa shape index (κ2) is 7.22. The number of nitrogens with one attached hydrogen (secondary N) is 2. The minimum absolute atomic E-state index is 0.0160. The lowest BCUT2D eigenvalue weighted by Crippen LogP contribution is -2.39. The summed E-state index contributed by atoms with van der Waals surface area (Å²) in [6.07, 6.45) is 0.370. The average Bonchev–Trinajstić information content (AvgIpc) is 2.14. The summed E-state index contributed by atoms with van der Waals surface area (Å²) in [5.74, 6) is -1.29. The summed E-state index contributed by atoms with van der Waals surface area (Å²) in [6, 6.07) is 0.00668. The third kappa shape index (κ3) is 6.40. The fraction of sp³-hybridized carbons (Fsp3) is 0.818. The van der Waals surface area contributed by atoms with E-state index in [0.29, 0.717) is 13.0 Å². The first-order valence-corrected chi connectivity index (χ1v) is 5.60. The van der Waals surface area contributed by atoms with Crippen LogP contribution in [0.25, 0.3) is 0 Å². The van der Waals surface area contributed by atoms with Gasteiger partial charge in [-0.1, -0.05) is 6.92 Å². The molecule has 0 aliphatic heterocycles. The zero-order valence-electron chi connectivity index (χ0n) is 10.4. The molecule has 0 saturated heterocycles. The van der Waals surface area contributed by atoms with Crippen molar-refractivity contribution in [1.29, 1.82) is 0 Å². The maximum absolute atomic E-state index is 11.3. The predicted molar refractivity (Wildman–Crippen MR) is 62.2 cm³/mol. The molecule has 0 spiro atoms. The fourth-order valence-electron chi connectivity index (χ4n) is 1.20. The zero-order valence-corrected chi connectivity index (χ0v) is 10.4. The third-order valence-corrected chi connectivity index (χ3v) is 2.41. The highest BCUT2D eigenvalue weighted by Crippen LogP contribution is 2.01. The Morgan fingerprint density at radius 2 is 1.75 bits per heavy atom. The number of carbonyl (C=O) groups is 2. The summed E-state index contributed by atoms with van der Waals surface area (Å²) < 4.78 is 0. The average molecular weight is 230 g/mol. The molecule has 0 heterocycles. The van der Waals surface area contributed by atoms with Gasteiger partial charge in [-0.15, -0.1) is 0 Å². The van der Waals surface area contributed by atoms with Gasteiger partial charge in [0.2, 0.25) is 5.91 Å². The second-order valence-electron chi connectivity index (χ2n) is 4.34. The van der Waals surface area contributed by atoms with Gasteiger partial charge in [0.1, 0.15) is 0 Å². The van der Waals surface area contributed by atoms with Gasteiger partial charge in [-0.05, 0) is 20.8 Å². The van der Waals surface area contributed by atoms with Crippen LogP contribution in [0.3, 0.4) is 0 Å². The lowest BCUT2D eigenvalue weighted by molar-refractivity contribution is -0.141. The lowest BCUT2D eigenvalue weighted by atomic mass is 10.0. The van der Waals surface area contributed by atoms with Crippen LogP contribution in [0.15, 0.2) is 0 Å². The Morgan fingerprint density at radius 3 is 2.19 bits per heavy atom. The SMILES string of the molecule is CC(C)NC(=O)CCNC(C)C(C)C(=O)O. The van der Waals surface area contributed by atoms with E-state index in [2.05, 4.69) is 10.6 Å². The Bertz CT molecular complexity index is 241. The van der Waals surface area contributed by atoms with Crippen LogP contribution in [-0.2, 0) is 9.59 Å². The van der Waals surface area contributed by atoms with Gasteiger partial charge in [0.05, 0.1) is 5.92 Å². The molecule has 16 heavy (non-hydrogen) atoms. The summed E-state index contributed by atoms with van der Waals surface area (Å²) in [5, 5.41) is 14.6. The minimum Gasteiger partial charge on any atom is -0.481 e. The summed E-state index contributed by atoms with van der Waals surface area (Å²) in [6.45, 7) is 7.76. The molecule has 5 heteroatoms. The zero-order chi connectivity index (χ0) is 12.7. The van der Waals surface area contributed by atoms with Crippen molar-refractivity contribution in [3.05, 3.63) is 0 Å². The summed E-state index contributed by atoms with van der Waals surface area (Å²) in [7, 11) is 0. The van der Waals surface area contributed by atoms with E-state index in [-0.39, 0.29) is 18.0 Å². The highest BCUT2D eigenvalue weighted by atomic mass is 16.4. The Hall–Kier alpha value is -1.10. The number of hydrogen-bond donors (Lipinski definition) is 3. The standard InChI is InChI=1S/C11H22N2O3/c1-7(2)13-10(14)5-6-12-9(4)8(3)11(15)16/h7-9,12H,5-6H2,1-4H3,(H,13,14)(H,15,16). The number of carboxylic acids is 1. The van der Waals surface area contributed by atoms with Gasteiger partial charge in [0.25, 0.3) is 0 Å². The van der Waals surface area contributed by atoms with Crippen molar-refractivity contribution in [2.75, 3.05) is 6.54 Å². The molecule has 0 saturated carbocycles. The van der Waals surface area contributed by atoms with E-state index in [4.69, 9.17) is 5.11 Å². The summed E-state index contributed by atoms with van der Waals surface area (Å²) >= 11 is 0. The van der Waals surface area contributed by atoms with Crippen molar-refractivity contribution >= 4 is 11.9 Å². The van der Waals surface area contributed by atoms with E-state index in [9.17, 15) is 9.59 Å². The quantitative estimate of drug-likeness (QED) is 0.598. The molecule has 2 atom stereocenters. The molecule has 0 aliphatic carbocycles. The van der Waals surface area contributed by atoms with Crippen molar-refractivity contribution in [2.24, 2.45) is 5.92 Å². The van der Waals surface area contributed by atoms with Crippen LogP contribution in [0.2, 0.25) is 0 Å². The van der Waals surface area contributed by atoms with E-state index in [1.54, 1.807) is 13.8 Å². The van der Waals surface area contributed by atoms with Crippen molar-refractivity contribution in [1.82, 2.24) is 10.6 Å². The molecule has 1 amide bonds. The molecule has 0 bridgehead atoms. The van der Waals surface area contributed by atoms with E-state index in [1.807, 2.05) is 13.8 Å². The molecule has 0 aromatic carbocycles. The van der Waals surface area contributed by atoms with Gasteiger partial charge in [-0.25, -0.2) is 0 Å². The lowest BCUT2D eigenvalue weighted by Gasteiger charge is -2.17. The molecule has 94 valence electrons. The number of carboxylic acid groups (broad SMARTS) is 1. The predicted octanol–water partition coefficient (Wildman–Crippen LogP) is 0.600. The molecule has 0 aliphatic rings. The first kappa shape index (κ1) is 14.9. The Labute approximate surface area is 96.6 Å². The van der Waals surface area contributed by atoms with Gasteiger partial charge in [0, 0.05) is 25.0 Å². The number of aliphatic carboxylic acids is 1. The number of rotatable bonds is 7. The molecular formula is C11H22N2O3. The number of amides is 1. The van der Waals surface area contributed by atoms with Gasteiger partial charge >= 0.3 is 5.97 Å². The Morgan fingerprint density at radius 1 is 1.19 bits per heavy atom. The summed E-state index contributed by atoms with van der Waals surface area (Å²) in [5.41, 5.74) is 0. The summed E-state index contributed by atoms with van der Waals surface area (Å²) in [4.78, 5) is 21.9. The Kier molecular flexibility index (Phi) is 6.72. The van der Waals surface area contributed by atoms with Crippen LogP contribution < -0.4 is 10.6 Å². The third-order valence-electron chi connectivity index (χ3n) is 2.41. The largest absolute Gasteiger partial charge is 0.481 e. The van der Waals surface area contributed by atoms with E-state index < -0.39 is 11.9 Å². The van der Waals surface area contributed by atoms with Crippen LogP contribution in [0, 0.1) is 5.92 Å². The topological polar surface area (TPSA) is 78.4 Å². The van der Waals surface area contributed by atoms with Crippen LogP contribution in [0.1, 0.15) is 34.1 Å². The van der Waals surface area contributed by atoms with Crippen LogP contribution in [-0.4, -0.2) is 35.6 Å². The normalized spacial score (nSPS) is 14.6. The van der Waals surface area contributed by atoms with Crippen molar-refractivity contribution in [3.8, 4) is 0 Å². The van der Waals surface area contributed by atoms with Gasteiger partial charge in [-0.2, -0.15) is 0 Å². The first-order valence-electron chi connectivity index (χ1n) is 5.60. The number of hydrogen-bond acceptors (Lipinski definition) is 3. The minimum atomic E-state index is -0.827. The molecule has 0 rings (SSSR count). The van der Waals surface area contributed by atoms with Crippen LogP contribution in [0.5, 0.6) is 0 Å². The van der Waals surface area contributed by atoms with Crippen LogP contribution in [0.4, 0.5) is 0 Å². The van der Waals surface area contributed by atoms with E-state index in [1.165, 1.54) is 0 Å². The first-order chi connectivity index (χ1) is 7.34. The van der Waals surface area contributed by atoms with Crippen molar-refractivity contribution in [3.63, 3.8) is 0 Å². The molecule has 0 radical (unpaired) electrons. The fourth-order valence-corrected chi connectivity index (χ4v) is 1.20. The van der Waals surface area contributed by atoms with Crippen LogP contribution >= 0.6 is 0 Å². The molecule has 2 unspecified atom stereocenters. The second-order valence-corrected chi connectivity index (χ2v) is 4.34. The molecule has 0 aromatic rings. The van der Waals surface area contributed by atoms with E-state index >= 15 is 0 Å².